The maximum absolute atomic E-state index is 13.4. The van der Waals surface area contributed by atoms with Crippen LogP contribution in [0.25, 0.3) is 0 Å². The van der Waals surface area contributed by atoms with Crippen LogP contribution in [0.2, 0.25) is 5.02 Å². The van der Waals surface area contributed by atoms with Gasteiger partial charge in [-0.15, -0.1) is 0 Å². The van der Waals surface area contributed by atoms with Gasteiger partial charge in [-0.25, -0.2) is 0 Å². The van der Waals surface area contributed by atoms with E-state index in [9.17, 15) is 14.4 Å². The third-order valence-corrected chi connectivity index (χ3v) is 9.16. The molecule has 1 aliphatic carbocycles. The lowest BCUT2D eigenvalue weighted by atomic mass is 9.75. The van der Waals surface area contributed by atoms with Gasteiger partial charge in [0.2, 0.25) is 11.8 Å². The summed E-state index contributed by atoms with van der Waals surface area (Å²) in [5, 5.41) is 3.72. The number of benzene rings is 1. The Morgan fingerprint density at radius 2 is 1.76 bits per heavy atom. The first-order chi connectivity index (χ1) is 17.8. The Bertz CT molecular complexity index is 1010. The summed E-state index contributed by atoms with van der Waals surface area (Å²) >= 11 is 6.15. The molecule has 37 heavy (non-hydrogen) atoms. The molecule has 2 amide bonds. The zero-order valence-electron chi connectivity index (χ0n) is 21.8. The van der Waals surface area contributed by atoms with Crippen LogP contribution >= 0.6 is 11.6 Å². The second kappa shape index (κ2) is 10.8. The summed E-state index contributed by atoms with van der Waals surface area (Å²) in [6.45, 7) is 7.36. The molecular weight excluding hydrogens is 492 g/mol. The topological polar surface area (TPSA) is 82.2 Å². The minimum atomic E-state index is -0.758. The Morgan fingerprint density at radius 3 is 2.41 bits per heavy atom. The molecule has 3 heterocycles. The van der Waals surface area contributed by atoms with Crippen molar-refractivity contribution in [3.63, 3.8) is 0 Å². The lowest BCUT2D eigenvalue weighted by Gasteiger charge is -2.41. The first kappa shape index (κ1) is 26.3. The minimum absolute atomic E-state index is 0.0230. The van der Waals surface area contributed by atoms with Gasteiger partial charge in [0.15, 0.2) is 0 Å². The number of piperidine rings is 1. The van der Waals surface area contributed by atoms with Gasteiger partial charge in [-0.3, -0.25) is 19.3 Å². The molecule has 1 atom stereocenters. The van der Waals surface area contributed by atoms with Crippen molar-refractivity contribution in [3.05, 3.63) is 29.3 Å². The van der Waals surface area contributed by atoms with Crippen molar-refractivity contribution in [3.8, 4) is 0 Å². The highest BCUT2D eigenvalue weighted by molar-refractivity contribution is 6.30. The van der Waals surface area contributed by atoms with Crippen molar-refractivity contribution in [2.24, 2.45) is 5.41 Å². The molecule has 3 aliphatic heterocycles. The van der Waals surface area contributed by atoms with E-state index in [-0.39, 0.29) is 23.9 Å². The van der Waals surface area contributed by atoms with E-state index in [1.165, 1.54) is 12.6 Å². The molecule has 0 unspecified atom stereocenters. The third kappa shape index (κ3) is 5.60. The first-order valence-corrected chi connectivity index (χ1v) is 14.2. The fourth-order valence-electron chi connectivity index (χ4n) is 6.78. The lowest BCUT2D eigenvalue weighted by Crippen LogP contribution is -2.59. The molecule has 4 aliphatic rings. The molecule has 1 aromatic carbocycles. The number of anilines is 1. The average Bonchev–Trinajstić information content (AvgIpc) is 3.48. The van der Waals surface area contributed by atoms with E-state index < -0.39 is 11.0 Å². The number of carbonyl (C=O) groups excluding carboxylic acids is 3. The van der Waals surface area contributed by atoms with Crippen LogP contribution in [0.5, 0.6) is 0 Å². The quantitative estimate of drug-likeness (QED) is 0.569. The van der Waals surface area contributed by atoms with Gasteiger partial charge in [-0.05, 0) is 50.3 Å². The molecule has 0 bridgehead atoms. The van der Waals surface area contributed by atoms with Gasteiger partial charge in [0.25, 0.3) is 0 Å². The zero-order chi connectivity index (χ0) is 26.0. The normalized spacial score (nSPS) is 25.4. The van der Waals surface area contributed by atoms with Crippen LogP contribution in [0.15, 0.2) is 24.3 Å². The van der Waals surface area contributed by atoms with Crippen LogP contribution in [-0.4, -0.2) is 85.0 Å². The molecule has 9 heteroatoms. The van der Waals surface area contributed by atoms with Gasteiger partial charge < -0.3 is 19.9 Å². The Hall–Kier alpha value is -2.32. The van der Waals surface area contributed by atoms with Crippen LogP contribution in [0.3, 0.4) is 0 Å². The number of rotatable bonds is 6. The predicted octanol–water partition coefficient (Wildman–Crippen LogP) is 3.23. The number of carbonyl (C=O) groups is 3. The van der Waals surface area contributed by atoms with E-state index in [2.05, 4.69) is 21.2 Å². The fourth-order valence-corrected chi connectivity index (χ4v) is 6.97. The number of nitrogens with zero attached hydrogens (tertiary/aromatic N) is 3. The SMILES string of the molecule is CC(=O)NC1(C(=O)N2CCC3(CC2)C[C@H](CCN2CCN(c4cccc(Cl)c4)CC2)OC3=O)CCCC1. The summed E-state index contributed by atoms with van der Waals surface area (Å²) < 4.78 is 5.87. The van der Waals surface area contributed by atoms with Crippen LogP contribution in [0, 0.1) is 5.41 Å². The second-order valence-electron chi connectivity index (χ2n) is 11.4. The Balaban J connectivity index is 1.09. The summed E-state index contributed by atoms with van der Waals surface area (Å²) in [4.78, 5) is 44.8. The minimum Gasteiger partial charge on any atom is -0.462 e. The number of cyclic esters (lactones) is 1. The summed E-state index contributed by atoms with van der Waals surface area (Å²) in [7, 11) is 0. The van der Waals surface area contributed by atoms with Gasteiger partial charge in [-0.1, -0.05) is 30.5 Å². The molecule has 5 rings (SSSR count). The number of likely N-dealkylation sites (tertiary alicyclic amines) is 1. The molecule has 8 nitrogen and oxygen atoms in total. The predicted molar refractivity (Wildman–Crippen MR) is 142 cm³/mol. The summed E-state index contributed by atoms with van der Waals surface area (Å²) in [5.41, 5.74) is -0.0605. The van der Waals surface area contributed by atoms with Crippen molar-refractivity contribution in [2.75, 3.05) is 50.7 Å². The largest absolute Gasteiger partial charge is 0.462 e. The number of hydrogen-bond donors (Lipinski definition) is 1. The van der Waals surface area contributed by atoms with Gasteiger partial charge in [0, 0.05) is 69.9 Å². The molecular formula is C28H39ClN4O4. The third-order valence-electron chi connectivity index (χ3n) is 8.93. The Kier molecular flexibility index (Phi) is 7.68. The summed E-state index contributed by atoms with van der Waals surface area (Å²) in [6.07, 6.45) is 6.12. The van der Waals surface area contributed by atoms with E-state index in [0.717, 1.165) is 63.4 Å². The van der Waals surface area contributed by atoms with Crippen LogP contribution in [0.1, 0.15) is 58.3 Å². The number of esters is 1. The molecule has 1 saturated carbocycles. The average molecular weight is 531 g/mol. The monoisotopic (exact) mass is 530 g/mol. The molecule has 1 aromatic rings. The van der Waals surface area contributed by atoms with E-state index in [4.69, 9.17) is 16.3 Å². The maximum atomic E-state index is 13.4. The van der Waals surface area contributed by atoms with Crippen molar-refractivity contribution in [1.29, 1.82) is 0 Å². The molecule has 202 valence electrons. The van der Waals surface area contributed by atoms with E-state index >= 15 is 0 Å². The first-order valence-electron chi connectivity index (χ1n) is 13.8. The second-order valence-corrected chi connectivity index (χ2v) is 11.8. The van der Waals surface area contributed by atoms with Crippen molar-refractivity contribution in [1.82, 2.24) is 15.1 Å². The highest BCUT2D eigenvalue weighted by atomic mass is 35.5. The van der Waals surface area contributed by atoms with Gasteiger partial charge in [0.1, 0.15) is 11.6 Å². The fraction of sp³-hybridized carbons (Fsp3) is 0.679. The van der Waals surface area contributed by atoms with Crippen LogP contribution in [0.4, 0.5) is 5.69 Å². The van der Waals surface area contributed by atoms with Crippen molar-refractivity contribution in [2.45, 2.75) is 69.9 Å². The summed E-state index contributed by atoms with van der Waals surface area (Å²) in [6, 6.07) is 8.01. The van der Waals surface area contributed by atoms with Gasteiger partial charge >= 0.3 is 5.97 Å². The molecule has 3 saturated heterocycles. The number of amides is 2. The van der Waals surface area contributed by atoms with Crippen LogP contribution < -0.4 is 10.2 Å². The number of nitrogens with one attached hydrogen (secondary N) is 1. The highest BCUT2D eigenvalue weighted by Crippen LogP contribution is 2.45. The van der Waals surface area contributed by atoms with Crippen LogP contribution in [-0.2, 0) is 19.1 Å². The zero-order valence-corrected chi connectivity index (χ0v) is 22.6. The number of ether oxygens (including phenoxy) is 1. The van der Waals surface area contributed by atoms with E-state index in [1.807, 2.05) is 23.1 Å². The molecule has 0 aromatic heterocycles. The standard InChI is InChI=1S/C28H39ClN4O4/c1-21(34)30-28(8-2-3-9-28)25(35)33-13-10-27(11-14-33)20-24(37-26(27)36)7-12-31-15-17-32(18-16-31)23-6-4-5-22(29)19-23/h4-6,19,24H,2-3,7-18,20H2,1H3,(H,30,34)/t24-/m0/s1. The van der Waals surface area contributed by atoms with E-state index in [1.54, 1.807) is 0 Å². The number of halogens is 1. The maximum Gasteiger partial charge on any atom is 0.312 e. The molecule has 1 N–H and O–H groups in total. The van der Waals surface area contributed by atoms with Gasteiger partial charge in [0.05, 0.1) is 5.41 Å². The summed E-state index contributed by atoms with van der Waals surface area (Å²) in [5.74, 6) is -0.223. The Morgan fingerprint density at radius 1 is 1.05 bits per heavy atom. The van der Waals surface area contributed by atoms with E-state index in [0.29, 0.717) is 38.8 Å². The Labute approximate surface area is 224 Å². The van der Waals surface area contributed by atoms with Gasteiger partial charge in [-0.2, -0.15) is 0 Å². The molecule has 0 radical (unpaired) electrons. The molecule has 4 fully saturated rings. The number of piperazine rings is 1. The lowest BCUT2D eigenvalue weighted by molar-refractivity contribution is -0.154. The number of hydrogen-bond acceptors (Lipinski definition) is 6. The van der Waals surface area contributed by atoms with Crippen molar-refractivity contribution < 1.29 is 19.1 Å². The molecule has 1 spiro atoms. The highest BCUT2D eigenvalue weighted by Gasteiger charge is 2.52. The smallest absolute Gasteiger partial charge is 0.312 e. The van der Waals surface area contributed by atoms with Crippen molar-refractivity contribution >= 4 is 35.1 Å².